The van der Waals surface area contributed by atoms with Crippen molar-refractivity contribution in [2.75, 3.05) is 0 Å². The average molecular weight is 162 g/mol. The molecule has 0 N–H and O–H groups in total. The van der Waals surface area contributed by atoms with Gasteiger partial charge in [-0.3, -0.25) is 0 Å². The van der Waals surface area contributed by atoms with E-state index in [-0.39, 0.29) is 5.41 Å². The summed E-state index contributed by atoms with van der Waals surface area (Å²) in [5.74, 6) is 0.662. The van der Waals surface area contributed by atoms with E-state index in [1.807, 2.05) is 0 Å². The van der Waals surface area contributed by atoms with Gasteiger partial charge in [-0.25, -0.2) is 0 Å². The van der Waals surface area contributed by atoms with Crippen molar-refractivity contribution >= 4 is 0 Å². The SMILES string of the molecule is C=CC1CCCC(C=C)(C=C)C1. The summed E-state index contributed by atoms with van der Waals surface area (Å²) in [5.41, 5.74) is 0.192. The molecule has 0 aromatic carbocycles. The fourth-order valence-corrected chi connectivity index (χ4v) is 2.04. The van der Waals surface area contributed by atoms with Gasteiger partial charge in [0, 0.05) is 5.41 Å². The normalized spacial score (nSPS) is 27.5. The minimum Gasteiger partial charge on any atom is -0.103 e. The molecule has 1 aliphatic carbocycles. The summed E-state index contributed by atoms with van der Waals surface area (Å²) in [6.07, 6.45) is 11.1. The summed E-state index contributed by atoms with van der Waals surface area (Å²) in [6.45, 7) is 11.6. The molecule has 0 bridgehead atoms. The van der Waals surface area contributed by atoms with E-state index >= 15 is 0 Å². The van der Waals surface area contributed by atoms with Gasteiger partial charge in [0.2, 0.25) is 0 Å². The largest absolute Gasteiger partial charge is 0.103 e. The molecule has 1 atom stereocenters. The zero-order chi connectivity index (χ0) is 9.03. The second-order valence-corrected chi connectivity index (χ2v) is 3.73. The van der Waals surface area contributed by atoms with E-state index < -0.39 is 0 Å². The third-order valence-electron chi connectivity index (χ3n) is 3.01. The fourth-order valence-electron chi connectivity index (χ4n) is 2.04. The zero-order valence-electron chi connectivity index (χ0n) is 7.76. The Morgan fingerprint density at radius 1 is 1.17 bits per heavy atom. The maximum absolute atomic E-state index is 3.89. The first-order chi connectivity index (χ1) is 5.76. The Morgan fingerprint density at radius 2 is 1.83 bits per heavy atom. The van der Waals surface area contributed by atoms with E-state index in [9.17, 15) is 0 Å². The van der Waals surface area contributed by atoms with Gasteiger partial charge in [0.15, 0.2) is 0 Å². The van der Waals surface area contributed by atoms with E-state index in [1.54, 1.807) is 0 Å². The van der Waals surface area contributed by atoms with Crippen LogP contribution in [0.4, 0.5) is 0 Å². The highest BCUT2D eigenvalue weighted by atomic mass is 14.3. The molecule has 0 spiro atoms. The number of hydrogen-bond acceptors (Lipinski definition) is 0. The molecule has 0 aromatic heterocycles. The lowest BCUT2D eigenvalue weighted by atomic mass is 9.70. The van der Waals surface area contributed by atoms with Crippen molar-refractivity contribution in [3.63, 3.8) is 0 Å². The van der Waals surface area contributed by atoms with Gasteiger partial charge in [-0.2, -0.15) is 0 Å². The van der Waals surface area contributed by atoms with Crippen molar-refractivity contribution in [3.05, 3.63) is 38.0 Å². The van der Waals surface area contributed by atoms with Crippen LogP contribution >= 0.6 is 0 Å². The molecular formula is C12H18. The van der Waals surface area contributed by atoms with Crippen molar-refractivity contribution in [2.45, 2.75) is 25.7 Å². The summed E-state index contributed by atoms with van der Waals surface area (Å²) in [6, 6.07) is 0. The molecule has 0 heterocycles. The van der Waals surface area contributed by atoms with Crippen molar-refractivity contribution in [2.24, 2.45) is 11.3 Å². The van der Waals surface area contributed by atoms with Gasteiger partial charge >= 0.3 is 0 Å². The first kappa shape index (κ1) is 9.31. The predicted molar refractivity (Wildman–Crippen MR) is 55.0 cm³/mol. The Kier molecular flexibility index (Phi) is 2.91. The van der Waals surface area contributed by atoms with Crippen LogP contribution in [0, 0.1) is 11.3 Å². The van der Waals surface area contributed by atoms with Crippen LogP contribution < -0.4 is 0 Å². The van der Waals surface area contributed by atoms with Gasteiger partial charge in [-0.05, 0) is 25.2 Å². The first-order valence-corrected chi connectivity index (χ1v) is 4.66. The fraction of sp³-hybridized carbons (Fsp3) is 0.500. The van der Waals surface area contributed by atoms with Crippen molar-refractivity contribution in [3.8, 4) is 0 Å². The Morgan fingerprint density at radius 3 is 2.33 bits per heavy atom. The molecule has 1 fully saturated rings. The Hall–Kier alpha value is -0.780. The predicted octanol–water partition coefficient (Wildman–Crippen LogP) is 3.72. The summed E-state index contributed by atoms with van der Waals surface area (Å²) in [7, 11) is 0. The maximum Gasteiger partial charge on any atom is 0.00612 e. The molecule has 66 valence electrons. The van der Waals surface area contributed by atoms with Crippen LogP contribution in [-0.2, 0) is 0 Å². The molecule has 0 amide bonds. The van der Waals surface area contributed by atoms with E-state index in [4.69, 9.17) is 0 Å². The Labute approximate surface area is 75.7 Å². The van der Waals surface area contributed by atoms with Crippen LogP contribution in [0.3, 0.4) is 0 Å². The van der Waals surface area contributed by atoms with Crippen LogP contribution in [0.25, 0.3) is 0 Å². The van der Waals surface area contributed by atoms with Crippen LogP contribution in [0.15, 0.2) is 38.0 Å². The van der Waals surface area contributed by atoms with Gasteiger partial charge in [-0.15, -0.1) is 19.7 Å². The second-order valence-electron chi connectivity index (χ2n) is 3.73. The second kappa shape index (κ2) is 3.75. The monoisotopic (exact) mass is 162 g/mol. The smallest absolute Gasteiger partial charge is 0.00612 e. The topological polar surface area (TPSA) is 0 Å². The molecule has 0 radical (unpaired) electrons. The summed E-state index contributed by atoms with van der Waals surface area (Å²) in [5, 5.41) is 0. The van der Waals surface area contributed by atoms with Crippen molar-refractivity contribution < 1.29 is 0 Å². The zero-order valence-corrected chi connectivity index (χ0v) is 7.76. The number of rotatable bonds is 3. The van der Waals surface area contributed by atoms with Gasteiger partial charge in [0.25, 0.3) is 0 Å². The number of allylic oxidation sites excluding steroid dienone is 3. The summed E-state index contributed by atoms with van der Waals surface area (Å²) >= 11 is 0. The van der Waals surface area contributed by atoms with Crippen LogP contribution in [-0.4, -0.2) is 0 Å². The standard InChI is InChI=1S/C12H18/c1-4-11-8-7-9-12(5-2,6-3)10-11/h4-6,11H,1-3,7-10H2. The molecule has 1 aliphatic rings. The summed E-state index contributed by atoms with van der Waals surface area (Å²) in [4.78, 5) is 0. The molecule has 1 unspecified atom stereocenters. The van der Waals surface area contributed by atoms with Crippen molar-refractivity contribution in [1.82, 2.24) is 0 Å². The molecule has 1 saturated carbocycles. The lowest BCUT2D eigenvalue weighted by Gasteiger charge is -2.35. The van der Waals surface area contributed by atoms with Crippen LogP contribution in [0.1, 0.15) is 25.7 Å². The van der Waals surface area contributed by atoms with E-state index in [2.05, 4.69) is 38.0 Å². The highest BCUT2D eigenvalue weighted by Crippen LogP contribution is 2.41. The third kappa shape index (κ3) is 1.69. The maximum atomic E-state index is 3.89. The molecule has 0 saturated heterocycles. The number of hydrogen-bond donors (Lipinski definition) is 0. The first-order valence-electron chi connectivity index (χ1n) is 4.66. The minimum absolute atomic E-state index is 0.192. The van der Waals surface area contributed by atoms with Gasteiger partial charge in [0.05, 0.1) is 0 Å². The quantitative estimate of drug-likeness (QED) is 0.555. The van der Waals surface area contributed by atoms with E-state index in [0.717, 1.165) is 6.42 Å². The molecule has 0 heteroatoms. The Balaban J connectivity index is 2.70. The van der Waals surface area contributed by atoms with Crippen LogP contribution in [0.5, 0.6) is 0 Å². The average Bonchev–Trinajstić information content (AvgIpc) is 2.18. The molecule has 0 nitrogen and oxygen atoms in total. The minimum atomic E-state index is 0.192. The lowest BCUT2D eigenvalue weighted by molar-refractivity contribution is 0.277. The van der Waals surface area contributed by atoms with Crippen molar-refractivity contribution in [1.29, 1.82) is 0 Å². The van der Waals surface area contributed by atoms with E-state index in [0.29, 0.717) is 5.92 Å². The van der Waals surface area contributed by atoms with Gasteiger partial charge in [0.1, 0.15) is 0 Å². The third-order valence-corrected chi connectivity index (χ3v) is 3.01. The van der Waals surface area contributed by atoms with Gasteiger partial charge < -0.3 is 0 Å². The molecule has 0 aromatic rings. The van der Waals surface area contributed by atoms with Gasteiger partial charge in [-0.1, -0.05) is 24.6 Å². The Bertz CT molecular complexity index is 180. The lowest BCUT2D eigenvalue weighted by Crippen LogP contribution is -2.23. The highest BCUT2D eigenvalue weighted by Gasteiger charge is 2.29. The summed E-state index contributed by atoms with van der Waals surface area (Å²) < 4.78 is 0. The molecule has 1 rings (SSSR count). The molecule has 0 aliphatic heterocycles. The molecule has 12 heavy (non-hydrogen) atoms. The van der Waals surface area contributed by atoms with Crippen LogP contribution in [0.2, 0.25) is 0 Å². The highest BCUT2D eigenvalue weighted by molar-refractivity contribution is 5.10. The van der Waals surface area contributed by atoms with E-state index in [1.165, 1.54) is 19.3 Å². The molecular weight excluding hydrogens is 144 g/mol.